The molecule has 0 atom stereocenters. The van der Waals surface area contributed by atoms with Crippen molar-refractivity contribution in [3.63, 3.8) is 0 Å². The molecule has 112 valence electrons. The smallest absolute Gasteiger partial charge is 0.336 e. The Morgan fingerprint density at radius 2 is 1.95 bits per heavy atom. The largest absolute Gasteiger partial charge is 0.489 e. The summed E-state index contributed by atoms with van der Waals surface area (Å²) in [5, 5.41) is 0.795. The lowest BCUT2D eigenvalue weighted by atomic mass is 10.1. The third-order valence-corrected chi connectivity index (χ3v) is 3.35. The first-order chi connectivity index (χ1) is 10.5. The molecule has 0 N–H and O–H groups in total. The standard InChI is InChI=1S/C17H12F2O3/c1-10-7-16(20)22-15-8-12(5-6-13(10)15)21-9-11-3-2-4-14(18)17(11)19/h2-8H,9H2,1H3. The van der Waals surface area contributed by atoms with E-state index in [4.69, 9.17) is 9.15 Å². The molecule has 0 aliphatic heterocycles. The molecular weight excluding hydrogens is 290 g/mol. The van der Waals surface area contributed by atoms with E-state index >= 15 is 0 Å². The summed E-state index contributed by atoms with van der Waals surface area (Å²) in [6.07, 6.45) is 0. The molecule has 0 aliphatic rings. The Morgan fingerprint density at radius 3 is 2.77 bits per heavy atom. The number of rotatable bonds is 3. The Hall–Kier alpha value is -2.69. The molecule has 0 saturated heterocycles. The molecule has 2 aromatic carbocycles. The fourth-order valence-electron chi connectivity index (χ4n) is 2.22. The molecule has 1 heterocycles. The second kappa shape index (κ2) is 5.60. The van der Waals surface area contributed by atoms with Gasteiger partial charge in [-0.25, -0.2) is 13.6 Å². The topological polar surface area (TPSA) is 39.4 Å². The van der Waals surface area contributed by atoms with Crippen molar-refractivity contribution in [2.24, 2.45) is 0 Å². The quantitative estimate of drug-likeness (QED) is 0.687. The van der Waals surface area contributed by atoms with E-state index in [2.05, 4.69) is 0 Å². The van der Waals surface area contributed by atoms with Crippen LogP contribution in [0.15, 0.2) is 51.7 Å². The fraction of sp³-hybridized carbons (Fsp3) is 0.118. The van der Waals surface area contributed by atoms with Crippen LogP contribution in [0.2, 0.25) is 0 Å². The Morgan fingerprint density at radius 1 is 1.14 bits per heavy atom. The maximum absolute atomic E-state index is 13.5. The third kappa shape index (κ3) is 2.70. The summed E-state index contributed by atoms with van der Waals surface area (Å²) in [7, 11) is 0. The summed E-state index contributed by atoms with van der Waals surface area (Å²) >= 11 is 0. The molecule has 0 bridgehead atoms. The van der Waals surface area contributed by atoms with Crippen LogP contribution in [0.5, 0.6) is 5.75 Å². The van der Waals surface area contributed by atoms with Crippen LogP contribution < -0.4 is 10.4 Å². The van der Waals surface area contributed by atoms with E-state index in [0.717, 1.165) is 17.0 Å². The minimum absolute atomic E-state index is 0.116. The summed E-state index contributed by atoms with van der Waals surface area (Å²) in [6, 6.07) is 10.3. The summed E-state index contributed by atoms with van der Waals surface area (Å²) < 4.78 is 37.2. The third-order valence-electron chi connectivity index (χ3n) is 3.35. The number of ether oxygens (including phenoxy) is 1. The summed E-state index contributed by atoms with van der Waals surface area (Å²) in [5.74, 6) is -1.43. The molecule has 0 spiro atoms. The summed E-state index contributed by atoms with van der Waals surface area (Å²) in [4.78, 5) is 11.4. The van der Waals surface area contributed by atoms with E-state index in [-0.39, 0.29) is 12.2 Å². The van der Waals surface area contributed by atoms with Gasteiger partial charge >= 0.3 is 5.63 Å². The average Bonchev–Trinajstić information content (AvgIpc) is 2.48. The highest BCUT2D eigenvalue weighted by Crippen LogP contribution is 2.23. The van der Waals surface area contributed by atoms with E-state index in [0.29, 0.717) is 11.3 Å². The number of aryl methyl sites for hydroxylation is 1. The van der Waals surface area contributed by atoms with Crippen molar-refractivity contribution in [3.05, 3.63) is 75.6 Å². The van der Waals surface area contributed by atoms with Gasteiger partial charge in [0, 0.05) is 23.1 Å². The van der Waals surface area contributed by atoms with Gasteiger partial charge in [0.05, 0.1) is 0 Å². The lowest BCUT2D eigenvalue weighted by Crippen LogP contribution is -2.01. The molecule has 22 heavy (non-hydrogen) atoms. The SMILES string of the molecule is Cc1cc(=O)oc2cc(OCc3cccc(F)c3F)ccc12. The summed E-state index contributed by atoms with van der Waals surface area (Å²) in [5.41, 5.74) is 0.861. The first kappa shape index (κ1) is 14.3. The maximum atomic E-state index is 13.5. The zero-order chi connectivity index (χ0) is 15.7. The predicted molar refractivity (Wildman–Crippen MR) is 77.9 cm³/mol. The van der Waals surface area contributed by atoms with Crippen LogP contribution in [-0.4, -0.2) is 0 Å². The number of fused-ring (bicyclic) bond motifs is 1. The highest BCUT2D eigenvalue weighted by Gasteiger charge is 2.09. The van der Waals surface area contributed by atoms with Crippen molar-refractivity contribution in [2.75, 3.05) is 0 Å². The number of hydrogen-bond donors (Lipinski definition) is 0. The second-order valence-corrected chi connectivity index (χ2v) is 4.91. The highest BCUT2D eigenvalue weighted by atomic mass is 19.2. The molecule has 1 aromatic heterocycles. The maximum Gasteiger partial charge on any atom is 0.336 e. The first-order valence-corrected chi connectivity index (χ1v) is 6.65. The van der Waals surface area contributed by atoms with Crippen LogP contribution in [0.25, 0.3) is 11.0 Å². The van der Waals surface area contributed by atoms with Gasteiger partial charge in [-0.2, -0.15) is 0 Å². The molecule has 0 radical (unpaired) electrons. The van der Waals surface area contributed by atoms with Crippen LogP contribution in [0.1, 0.15) is 11.1 Å². The molecule has 5 heteroatoms. The van der Waals surface area contributed by atoms with Gasteiger partial charge in [-0.3, -0.25) is 0 Å². The minimum Gasteiger partial charge on any atom is -0.489 e. The molecule has 0 saturated carbocycles. The normalized spacial score (nSPS) is 10.9. The Balaban J connectivity index is 1.88. The van der Waals surface area contributed by atoms with E-state index in [1.165, 1.54) is 18.2 Å². The Kier molecular flexibility index (Phi) is 3.63. The monoisotopic (exact) mass is 302 g/mol. The van der Waals surface area contributed by atoms with Crippen LogP contribution in [0.3, 0.4) is 0 Å². The van der Waals surface area contributed by atoms with Gasteiger partial charge in [0.2, 0.25) is 0 Å². The molecule has 0 amide bonds. The van der Waals surface area contributed by atoms with Gasteiger partial charge in [-0.1, -0.05) is 12.1 Å². The van der Waals surface area contributed by atoms with Gasteiger partial charge in [-0.05, 0) is 30.7 Å². The van der Waals surface area contributed by atoms with Crippen molar-refractivity contribution in [1.29, 1.82) is 0 Å². The Labute approximate surface area is 124 Å². The zero-order valence-corrected chi connectivity index (χ0v) is 11.7. The van der Waals surface area contributed by atoms with Gasteiger partial charge in [0.25, 0.3) is 0 Å². The fourth-order valence-corrected chi connectivity index (χ4v) is 2.22. The minimum atomic E-state index is -0.925. The highest BCUT2D eigenvalue weighted by molar-refractivity contribution is 5.81. The van der Waals surface area contributed by atoms with Crippen molar-refractivity contribution in [1.82, 2.24) is 0 Å². The van der Waals surface area contributed by atoms with E-state index < -0.39 is 17.3 Å². The number of hydrogen-bond acceptors (Lipinski definition) is 3. The van der Waals surface area contributed by atoms with Gasteiger partial charge in [0.1, 0.15) is 17.9 Å². The Bertz CT molecular complexity index is 900. The van der Waals surface area contributed by atoms with Crippen LogP contribution in [0, 0.1) is 18.6 Å². The average molecular weight is 302 g/mol. The van der Waals surface area contributed by atoms with Gasteiger partial charge in [0.15, 0.2) is 11.6 Å². The molecule has 0 aliphatic carbocycles. The van der Waals surface area contributed by atoms with E-state index in [9.17, 15) is 13.6 Å². The van der Waals surface area contributed by atoms with Crippen molar-refractivity contribution in [2.45, 2.75) is 13.5 Å². The molecule has 3 rings (SSSR count). The molecule has 0 fully saturated rings. The molecular formula is C17H12F2O3. The van der Waals surface area contributed by atoms with Crippen molar-refractivity contribution < 1.29 is 17.9 Å². The number of benzene rings is 2. The number of halogens is 2. The van der Waals surface area contributed by atoms with Crippen molar-refractivity contribution >= 4 is 11.0 Å². The van der Waals surface area contributed by atoms with Gasteiger partial charge < -0.3 is 9.15 Å². The van der Waals surface area contributed by atoms with Crippen LogP contribution >= 0.6 is 0 Å². The van der Waals surface area contributed by atoms with Crippen LogP contribution in [-0.2, 0) is 6.61 Å². The lowest BCUT2D eigenvalue weighted by Gasteiger charge is -2.08. The molecule has 3 nitrogen and oxygen atoms in total. The lowest BCUT2D eigenvalue weighted by molar-refractivity contribution is 0.297. The van der Waals surface area contributed by atoms with Crippen molar-refractivity contribution in [3.8, 4) is 5.75 Å². The van der Waals surface area contributed by atoms with Crippen LogP contribution in [0.4, 0.5) is 8.78 Å². The molecule has 3 aromatic rings. The second-order valence-electron chi connectivity index (χ2n) is 4.91. The molecule has 0 unspecified atom stereocenters. The zero-order valence-electron chi connectivity index (χ0n) is 11.7. The first-order valence-electron chi connectivity index (χ1n) is 6.65. The summed E-state index contributed by atoms with van der Waals surface area (Å²) in [6.45, 7) is 1.69. The van der Waals surface area contributed by atoms with E-state index in [1.807, 2.05) is 6.92 Å². The van der Waals surface area contributed by atoms with E-state index in [1.54, 1.807) is 18.2 Å². The van der Waals surface area contributed by atoms with Gasteiger partial charge in [-0.15, -0.1) is 0 Å². The predicted octanol–water partition coefficient (Wildman–Crippen LogP) is 3.96.